The fourth-order valence-electron chi connectivity index (χ4n) is 1.76. The molecule has 5 heteroatoms. The van der Waals surface area contributed by atoms with E-state index in [0.717, 1.165) is 4.88 Å². The second kappa shape index (κ2) is 4.02. The van der Waals surface area contributed by atoms with E-state index in [1.165, 1.54) is 16.2 Å². The number of hydrogen-bond donors (Lipinski definition) is 1. The molecule has 0 bridgehead atoms. The Morgan fingerprint density at radius 1 is 1.67 bits per heavy atom. The zero-order valence-electron chi connectivity index (χ0n) is 8.05. The van der Waals surface area contributed by atoms with Crippen LogP contribution < -0.4 is 0 Å². The summed E-state index contributed by atoms with van der Waals surface area (Å²) in [5, 5.41) is 10.9. The van der Waals surface area contributed by atoms with Crippen molar-refractivity contribution in [2.45, 2.75) is 25.4 Å². The molecule has 1 aliphatic rings. The summed E-state index contributed by atoms with van der Waals surface area (Å²) in [7, 11) is 0. The Balaban J connectivity index is 2.11. The van der Waals surface area contributed by atoms with Gasteiger partial charge < -0.3 is 10.0 Å². The van der Waals surface area contributed by atoms with Crippen molar-refractivity contribution in [2.75, 3.05) is 0 Å². The Labute approximate surface area is 91.1 Å². The van der Waals surface area contributed by atoms with Crippen molar-refractivity contribution in [1.29, 1.82) is 0 Å². The number of amides is 1. The van der Waals surface area contributed by atoms with Gasteiger partial charge in [-0.2, -0.15) is 0 Å². The van der Waals surface area contributed by atoms with Gasteiger partial charge in [0.25, 0.3) is 0 Å². The highest BCUT2D eigenvalue weighted by Gasteiger charge is 2.35. The van der Waals surface area contributed by atoms with Gasteiger partial charge in [0, 0.05) is 11.3 Å². The molecule has 1 aliphatic heterocycles. The van der Waals surface area contributed by atoms with Crippen LogP contribution in [0.1, 0.15) is 17.7 Å². The minimum atomic E-state index is -0.905. The lowest BCUT2D eigenvalue weighted by molar-refractivity contribution is -0.146. The van der Waals surface area contributed by atoms with Crippen LogP contribution in [-0.2, 0) is 16.1 Å². The van der Waals surface area contributed by atoms with Gasteiger partial charge in [-0.1, -0.05) is 6.07 Å². The zero-order valence-corrected chi connectivity index (χ0v) is 8.87. The summed E-state index contributed by atoms with van der Waals surface area (Å²) < 4.78 is 0. The predicted octanol–water partition coefficient (Wildman–Crippen LogP) is 1.32. The summed E-state index contributed by atoms with van der Waals surface area (Å²) in [6, 6.07) is 3.17. The highest BCUT2D eigenvalue weighted by Crippen LogP contribution is 2.23. The first-order valence-electron chi connectivity index (χ1n) is 4.73. The largest absolute Gasteiger partial charge is 0.480 e. The Kier molecular flexibility index (Phi) is 2.73. The lowest BCUT2D eigenvalue weighted by Gasteiger charge is -2.20. The molecule has 2 rings (SSSR count). The van der Waals surface area contributed by atoms with E-state index in [4.69, 9.17) is 5.11 Å². The van der Waals surface area contributed by atoms with Crippen LogP contribution in [0.2, 0.25) is 0 Å². The minimum Gasteiger partial charge on any atom is -0.480 e. The number of thiophene rings is 1. The molecule has 2 heterocycles. The Bertz CT molecular complexity index is 374. The molecule has 1 atom stereocenters. The van der Waals surface area contributed by atoms with Crippen LogP contribution in [0.3, 0.4) is 0 Å². The van der Waals surface area contributed by atoms with Crippen LogP contribution in [0, 0.1) is 0 Å². The summed E-state index contributed by atoms with van der Waals surface area (Å²) in [5.74, 6) is -0.965. The van der Waals surface area contributed by atoms with Gasteiger partial charge in [0.2, 0.25) is 5.91 Å². The van der Waals surface area contributed by atoms with E-state index in [9.17, 15) is 9.59 Å². The van der Waals surface area contributed by atoms with Crippen LogP contribution in [0.15, 0.2) is 17.5 Å². The lowest BCUT2D eigenvalue weighted by atomic mass is 10.2. The van der Waals surface area contributed by atoms with E-state index in [1.54, 1.807) is 0 Å². The topological polar surface area (TPSA) is 57.6 Å². The third-order valence-electron chi connectivity index (χ3n) is 2.52. The van der Waals surface area contributed by atoms with Crippen LogP contribution in [0.25, 0.3) is 0 Å². The maximum atomic E-state index is 11.5. The smallest absolute Gasteiger partial charge is 0.326 e. The Morgan fingerprint density at radius 3 is 3.07 bits per heavy atom. The molecule has 1 amide bonds. The van der Waals surface area contributed by atoms with E-state index in [-0.39, 0.29) is 5.91 Å². The van der Waals surface area contributed by atoms with Gasteiger partial charge in [-0.3, -0.25) is 4.79 Å². The van der Waals surface area contributed by atoms with Crippen LogP contribution in [0.5, 0.6) is 0 Å². The highest BCUT2D eigenvalue weighted by molar-refractivity contribution is 7.09. The number of rotatable bonds is 3. The number of carbonyl (C=O) groups is 2. The van der Waals surface area contributed by atoms with Gasteiger partial charge in [-0.15, -0.1) is 11.3 Å². The van der Waals surface area contributed by atoms with E-state index in [1.807, 2.05) is 17.5 Å². The first-order chi connectivity index (χ1) is 7.18. The van der Waals surface area contributed by atoms with Gasteiger partial charge >= 0.3 is 5.97 Å². The van der Waals surface area contributed by atoms with Crippen molar-refractivity contribution in [2.24, 2.45) is 0 Å². The standard InChI is InChI=1S/C10H11NO3S/c12-9-4-3-8(10(13)14)11(9)6-7-2-1-5-15-7/h1-2,5,8H,3-4,6H2,(H,13,14)/t8-/m0/s1. The van der Waals surface area contributed by atoms with Crippen molar-refractivity contribution in [3.8, 4) is 0 Å². The first kappa shape index (κ1) is 10.2. The SMILES string of the molecule is O=C(O)[C@@H]1CCC(=O)N1Cc1cccs1. The fraction of sp³-hybridized carbons (Fsp3) is 0.400. The molecule has 1 aromatic heterocycles. The van der Waals surface area contributed by atoms with E-state index >= 15 is 0 Å². The van der Waals surface area contributed by atoms with Crippen molar-refractivity contribution in [3.05, 3.63) is 22.4 Å². The molecule has 1 N–H and O–H groups in total. The average Bonchev–Trinajstić information content (AvgIpc) is 2.78. The molecule has 1 aromatic rings. The third kappa shape index (κ3) is 2.02. The number of nitrogens with zero attached hydrogens (tertiary/aromatic N) is 1. The van der Waals surface area contributed by atoms with E-state index in [2.05, 4.69) is 0 Å². The molecule has 0 unspecified atom stereocenters. The predicted molar refractivity (Wildman–Crippen MR) is 55.5 cm³/mol. The van der Waals surface area contributed by atoms with Crippen LogP contribution in [-0.4, -0.2) is 27.9 Å². The molecule has 0 radical (unpaired) electrons. The molecule has 15 heavy (non-hydrogen) atoms. The molecule has 0 spiro atoms. The van der Waals surface area contributed by atoms with Crippen molar-refractivity contribution in [1.82, 2.24) is 4.90 Å². The van der Waals surface area contributed by atoms with Crippen molar-refractivity contribution in [3.63, 3.8) is 0 Å². The first-order valence-corrected chi connectivity index (χ1v) is 5.61. The van der Waals surface area contributed by atoms with Gasteiger partial charge in [0.15, 0.2) is 0 Å². The minimum absolute atomic E-state index is 0.0594. The highest BCUT2D eigenvalue weighted by atomic mass is 32.1. The second-order valence-corrected chi connectivity index (χ2v) is 4.53. The number of carboxylic acids is 1. The molecule has 0 aliphatic carbocycles. The van der Waals surface area contributed by atoms with Gasteiger partial charge in [-0.05, 0) is 17.9 Å². The molecule has 0 saturated carbocycles. The summed E-state index contributed by atoms with van der Waals surface area (Å²) in [6.45, 7) is 0.424. The average molecular weight is 225 g/mol. The number of aliphatic carboxylic acids is 1. The number of carboxylic acid groups (broad SMARTS) is 1. The molecular weight excluding hydrogens is 214 g/mol. The molecular formula is C10H11NO3S. The van der Waals surface area contributed by atoms with Gasteiger partial charge in [0.05, 0.1) is 6.54 Å². The normalized spacial score (nSPS) is 20.9. The summed E-state index contributed by atoms with van der Waals surface area (Å²) in [6.07, 6.45) is 0.780. The van der Waals surface area contributed by atoms with Gasteiger partial charge in [-0.25, -0.2) is 4.79 Å². The number of likely N-dealkylation sites (tertiary alicyclic amines) is 1. The van der Waals surface area contributed by atoms with E-state index < -0.39 is 12.0 Å². The zero-order chi connectivity index (χ0) is 10.8. The molecule has 1 fully saturated rings. The van der Waals surface area contributed by atoms with Crippen molar-refractivity contribution >= 4 is 23.2 Å². The summed E-state index contributed by atoms with van der Waals surface area (Å²) in [5.41, 5.74) is 0. The summed E-state index contributed by atoms with van der Waals surface area (Å²) >= 11 is 1.54. The monoisotopic (exact) mass is 225 g/mol. The van der Waals surface area contributed by atoms with Crippen LogP contribution >= 0.6 is 11.3 Å². The lowest BCUT2D eigenvalue weighted by Crippen LogP contribution is -2.37. The molecule has 80 valence electrons. The maximum absolute atomic E-state index is 11.5. The fourth-order valence-corrected chi connectivity index (χ4v) is 2.46. The summed E-state index contributed by atoms with van der Waals surface area (Å²) in [4.78, 5) is 24.9. The Hall–Kier alpha value is -1.36. The maximum Gasteiger partial charge on any atom is 0.326 e. The molecule has 0 aromatic carbocycles. The number of carbonyl (C=O) groups excluding carboxylic acids is 1. The quantitative estimate of drug-likeness (QED) is 0.844. The molecule has 4 nitrogen and oxygen atoms in total. The van der Waals surface area contributed by atoms with Crippen LogP contribution in [0.4, 0.5) is 0 Å². The third-order valence-corrected chi connectivity index (χ3v) is 3.38. The van der Waals surface area contributed by atoms with Crippen molar-refractivity contribution < 1.29 is 14.7 Å². The molecule has 1 saturated heterocycles. The van der Waals surface area contributed by atoms with E-state index in [0.29, 0.717) is 19.4 Å². The van der Waals surface area contributed by atoms with Gasteiger partial charge in [0.1, 0.15) is 6.04 Å². The Morgan fingerprint density at radius 2 is 2.47 bits per heavy atom. The second-order valence-electron chi connectivity index (χ2n) is 3.49. The number of hydrogen-bond acceptors (Lipinski definition) is 3.